The number of rotatable bonds is 5. The van der Waals surface area contributed by atoms with Crippen molar-refractivity contribution in [3.05, 3.63) is 18.0 Å². The van der Waals surface area contributed by atoms with Crippen LogP contribution in [0.15, 0.2) is 12.4 Å². The van der Waals surface area contributed by atoms with Gasteiger partial charge in [-0.1, -0.05) is 0 Å². The molecular weight excluding hydrogens is 240 g/mol. The molecule has 17 heavy (non-hydrogen) atoms. The van der Waals surface area contributed by atoms with Crippen molar-refractivity contribution in [1.82, 2.24) is 9.78 Å². The Morgan fingerprint density at radius 2 is 2.06 bits per heavy atom. The minimum atomic E-state index is -3.37. The standard InChI is InChI=1S/C11H18N2O3S/c1-11(2,17(4,15)16)10(14)6-5-9-7-12-13(3)8-9/h7-8H,5-6H2,1-4H3. The van der Waals surface area contributed by atoms with Gasteiger partial charge in [0.2, 0.25) is 0 Å². The number of carbonyl (C=O) groups is 1. The van der Waals surface area contributed by atoms with E-state index >= 15 is 0 Å². The molecule has 0 fully saturated rings. The third kappa shape index (κ3) is 3.15. The van der Waals surface area contributed by atoms with Crippen molar-refractivity contribution in [3.63, 3.8) is 0 Å². The lowest BCUT2D eigenvalue weighted by Crippen LogP contribution is -2.40. The van der Waals surface area contributed by atoms with Gasteiger partial charge in [0.25, 0.3) is 0 Å². The molecule has 0 atom stereocenters. The quantitative estimate of drug-likeness (QED) is 0.781. The van der Waals surface area contributed by atoms with Crippen molar-refractivity contribution < 1.29 is 13.2 Å². The highest BCUT2D eigenvalue weighted by atomic mass is 32.2. The van der Waals surface area contributed by atoms with Crippen LogP contribution in [0, 0.1) is 0 Å². The van der Waals surface area contributed by atoms with Crippen molar-refractivity contribution in [3.8, 4) is 0 Å². The van der Waals surface area contributed by atoms with Gasteiger partial charge in [-0.25, -0.2) is 8.42 Å². The maximum absolute atomic E-state index is 11.9. The van der Waals surface area contributed by atoms with Gasteiger partial charge in [-0.15, -0.1) is 0 Å². The molecule has 0 saturated heterocycles. The predicted molar refractivity (Wildman–Crippen MR) is 65.5 cm³/mol. The van der Waals surface area contributed by atoms with E-state index in [9.17, 15) is 13.2 Å². The van der Waals surface area contributed by atoms with Gasteiger partial charge in [-0.3, -0.25) is 9.48 Å². The van der Waals surface area contributed by atoms with Crippen LogP contribution in [-0.2, 0) is 28.1 Å². The molecule has 0 bridgehead atoms. The van der Waals surface area contributed by atoms with Gasteiger partial charge in [-0.05, 0) is 25.8 Å². The van der Waals surface area contributed by atoms with Crippen molar-refractivity contribution >= 4 is 15.6 Å². The Balaban J connectivity index is 2.68. The third-order valence-corrected chi connectivity index (χ3v) is 5.08. The number of hydrogen-bond acceptors (Lipinski definition) is 4. The van der Waals surface area contributed by atoms with Gasteiger partial charge < -0.3 is 0 Å². The highest BCUT2D eigenvalue weighted by Gasteiger charge is 2.37. The van der Waals surface area contributed by atoms with E-state index in [-0.39, 0.29) is 12.2 Å². The van der Waals surface area contributed by atoms with Crippen LogP contribution in [0.2, 0.25) is 0 Å². The molecule has 0 aliphatic rings. The number of Topliss-reactive ketones (excluding diaryl/α,β-unsaturated/α-hetero) is 1. The molecule has 1 heterocycles. The second kappa shape index (κ2) is 4.60. The number of sulfone groups is 1. The summed E-state index contributed by atoms with van der Waals surface area (Å²) in [5.74, 6) is -0.260. The summed E-state index contributed by atoms with van der Waals surface area (Å²) in [5.41, 5.74) is 0.935. The minimum Gasteiger partial charge on any atom is -0.298 e. The summed E-state index contributed by atoms with van der Waals surface area (Å²) >= 11 is 0. The first-order chi connectivity index (χ1) is 7.64. The topological polar surface area (TPSA) is 69.0 Å². The summed E-state index contributed by atoms with van der Waals surface area (Å²) in [6.45, 7) is 2.90. The van der Waals surface area contributed by atoms with E-state index in [0.717, 1.165) is 11.8 Å². The zero-order valence-electron chi connectivity index (χ0n) is 10.6. The lowest BCUT2D eigenvalue weighted by Gasteiger charge is -2.20. The fourth-order valence-corrected chi connectivity index (χ4v) is 1.88. The van der Waals surface area contributed by atoms with E-state index in [1.165, 1.54) is 13.8 Å². The fourth-order valence-electron chi connectivity index (χ4n) is 1.37. The molecule has 0 aliphatic carbocycles. The molecular formula is C11H18N2O3S. The van der Waals surface area contributed by atoms with Crippen LogP contribution in [0.1, 0.15) is 25.8 Å². The van der Waals surface area contributed by atoms with Gasteiger partial charge in [0.1, 0.15) is 4.75 Å². The molecule has 1 aromatic heterocycles. The normalized spacial score (nSPS) is 12.7. The average Bonchev–Trinajstić information content (AvgIpc) is 2.58. The van der Waals surface area contributed by atoms with Crippen LogP contribution in [0.4, 0.5) is 0 Å². The van der Waals surface area contributed by atoms with Crippen molar-refractivity contribution in [2.24, 2.45) is 7.05 Å². The number of aromatic nitrogens is 2. The molecule has 5 nitrogen and oxygen atoms in total. The lowest BCUT2D eigenvalue weighted by molar-refractivity contribution is -0.120. The van der Waals surface area contributed by atoms with Crippen LogP contribution in [0.25, 0.3) is 0 Å². The van der Waals surface area contributed by atoms with Crippen LogP contribution in [-0.4, -0.2) is 35.0 Å². The summed E-state index contributed by atoms with van der Waals surface area (Å²) < 4.78 is 23.3. The number of aryl methyl sites for hydroxylation is 2. The van der Waals surface area contributed by atoms with E-state index in [1.54, 1.807) is 17.9 Å². The Labute approximate surface area is 102 Å². The average molecular weight is 258 g/mol. The van der Waals surface area contributed by atoms with E-state index < -0.39 is 14.6 Å². The van der Waals surface area contributed by atoms with Crippen LogP contribution >= 0.6 is 0 Å². The van der Waals surface area contributed by atoms with Crippen molar-refractivity contribution in [1.29, 1.82) is 0 Å². The molecule has 6 heteroatoms. The Bertz CT molecular complexity index is 515. The highest BCUT2D eigenvalue weighted by Crippen LogP contribution is 2.19. The van der Waals surface area contributed by atoms with E-state index in [2.05, 4.69) is 5.10 Å². The molecule has 1 aromatic rings. The van der Waals surface area contributed by atoms with Gasteiger partial charge in [0.15, 0.2) is 15.6 Å². The Morgan fingerprint density at radius 3 is 2.47 bits per heavy atom. The van der Waals surface area contributed by atoms with E-state index in [1.807, 2.05) is 6.20 Å². The summed E-state index contributed by atoms with van der Waals surface area (Å²) in [6.07, 6.45) is 5.33. The first-order valence-corrected chi connectivity index (χ1v) is 7.24. The molecule has 0 N–H and O–H groups in total. The van der Waals surface area contributed by atoms with E-state index in [0.29, 0.717) is 6.42 Å². The van der Waals surface area contributed by atoms with Crippen LogP contribution in [0.5, 0.6) is 0 Å². The maximum Gasteiger partial charge on any atom is 0.159 e. The monoisotopic (exact) mass is 258 g/mol. The first kappa shape index (κ1) is 13.9. The number of ketones is 1. The summed E-state index contributed by atoms with van der Waals surface area (Å²) in [5, 5.41) is 3.99. The number of nitrogens with zero attached hydrogens (tertiary/aromatic N) is 2. The molecule has 0 saturated carbocycles. The Kier molecular flexibility index (Phi) is 3.76. The van der Waals surface area contributed by atoms with Crippen LogP contribution < -0.4 is 0 Å². The molecule has 0 radical (unpaired) electrons. The predicted octanol–water partition coefficient (Wildman–Crippen LogP) is 0.745. The molecule has 0 aliphatic heterocycles. The SMILES string of the molecule is Cn1cc(CCC(=O)C(C)(C)S(C)(=O)=O)cn1. The largest absolute Gasteiger partial charge is 0.298 e. The van der Waals surface area contributed by atoms with Crippen molar-refractivity contribution in [2.45, 2.75) is 31.4 Å². The van der Waals surface area contributed by atoms with Gasteiger partial charge in [0.05, 0.1) is 6.20 Å². The summed E-state index contributed by atoms with van der Waals surface area (Å²) in [6, 6.07) is 0. The first-order valence-electron chi connectivity index (χ1n) is 5.35. The smallest absolute Gasteiger partial charge is 0.159 e. The summed E-state index contributed by atoms with van der Waals surface area (Å²) in [4.78, 5) is 11.9. The Morgan fingerprint density at radius 1 is 1.47 bits per heavy atom. The van der Waals surface area contributed by atoms with Gasteiger partial charge >= 0.3 is 0 Å². The molecule has 96 valence electrons. The molecule has 0 spiro atoms. The third-order valence-electron chi connectivity index (χ3n) is 3.00. The second-order valence-electron chi connectivity index (χ2n) is 4.73. The van der Waals surface area contributed by atoms with Gasteiger partial charge in [0, 0.05) is 25.9 Å². The zero-order valence-corrected chi connectivity index (χ0v) is 11.4. The zero-order chi connectivity index (χ0) is 13.3. The van der Waals surface area contributed by atoms with Crippen molar-refractivity contribution in [2.75, 3.05) is 6.26 Å². The minimum absolute atomic E-state index is 0.214. The van der Waals surface area contributed by atoms with Crippen LogP contribution in [0.3, 0.4) is 0 Å². The van der Waals surface area contributed by atoms with Gasteiger partial charge in [-0.2, -0.15) is 5.10 Å². The maximum atomic E-state index is 11.9. The molecule has 1 rings (SSSR count). The summed E-state index contributed by atoms with van der Waals surface area (Å²) in [7, 11) is -1.57. The number of carbonyl (C=O) groups excluding carboxylic acids is 1. The fraction of sp³-hybridized carbons (Fsp3) is 0.636. The second-order valence-corrected chi connectivity index (χ2v) is 7.29. The Hall–Kier alpha value is -1.17. The van der Waals surface area contributed by atoms with E-state index in [4.69, 9.17) is 0 Å². The highest BCUT2D eigenvalue weighted by molar-refractivity contribution is 7.92. The molecule has 0 unspecified atom stereocenters. The lowest BCUT2D eigenvalue weighted by atomic mass is 10.0. The number of hydrogen-bond donors (Lipinski definition) is 0. The molecule has 0 aromatic carbocycles. The molecule has 0 amide bonds.